The number of methoxy groups -OCH3 is 1. The summed E-state index contributed by atoms with van der Waals surface area (Å²) in [5, 5.41) is 0. The largest absolute Gasteiger partial charge is 0.497 e. The maximum absolute atomic E-state index is 12.3. The van der Waals surface area contributed by atoms with Gasteiger partial charge in [-0.05, 0) is 61.3 Å². The van der Waals surface area contributed by atoms with Gasteiger partial charge in [0.1, 0.15) is 11.5 Å². The maximum atomic E-state index is 12.3. The van der Waals surface area contributed by atoms with Crippen molar-refractivity contribution in [2.24, 2.45) is 17.3 Å². The summed E-state index contributed by atoms with van der Waals surface area (Å²) in [7, 11) is 1.73. The molecule has 0 N–H and O–H groups in total. The molecule has 1 aromatic carbocycles. The van der Waals surface area contributed by atoms with Gasteiger partial charge in [-0.25, -0.2) is 0 Å². The Hall–Kier alpha value is -1.57. The van der Waals surface area contributed by atoms with Crippen molar-refractivity contribution in [3.8, 4) is 5.75 Å². The first-order valence-corrected chi connectivity index (χ1v) is 8.03. The van der Waals surface area contributed by atoms with Gasteiger partial charge in [0, 0.05) is 17.8 Å². The van der Waals surface area contributed by atoms with Crippen LogP contribution in [0.3, 0.4) is 0 Å². The fraction of sp³-hybridized carbons (Fsp3) is 0.526. The minimum absolute atomic E-state index is 0.189. The van der Waals surface area contributed by atoms with Crippen LogP contribution in [0.15, 0.2) is 30.4 Å². The Morgan fingerprint density at radius 1 is 1.24 bits per heavy atom. The topological polar surface area (TPSA) is 26.3 Å². The van der Waals surface area contributed by atoms with E-state index in [1.807, 2.05) is 0 Å². The van der Waals surface area contributed by atoms with E-state index in [1.54, 1.807) is 7.11 Å². The van der Waals surface area contributed by atoms with Crippen LogP contribution in [0.25, 0.3) is 0 Å². The molecule has 0 radical (unpaired) electrons. The molecule has 110 valence electrons. The Labute approximate surface area is 126 Å². The van der Waals surface area contributed by atoms with Crippen molar-refractivity contribution in [3.63, 3.8) is 0 Å². The summed E-state index contributed by atoms with van der Waals surface area (Å²) in [4.78, 5) is 12.3. The summed E-state index contributed by atoms with van der Waals surface area (Å²) in [5.74, 6) is 3.06. The van der Waals surface area contributed by atoms with Crippen LogP contribution in [-0.2, 0) is 11.2 Å². The number of hydrogen-bond acceptors (Lipinski definition) is 2. The predicted octanol–water partition coefficient (Wildman–Crippen LogP) is 3.90. The molecule has 0 aliphatic heterocycles. The van der Waals surface area contributed by atoms with E-state index in [2.05, 4.69) is 37.3 Å². The maximum Gasteiger partial charge on any atom is 0.142 e. The summed E-state index contributed by atoms with van der Waals surface area (Å²) in [5.41, 5.74) is 2.68. The zero-order chi connectivity index (χ0) is 14.6. The van der Waals surface area contributed by atoms with Gasteiger partial charge in [0.05, 0.1) is 7.11 Å². The molecule has 1 fully saturated rings. The third-order valence-electron chi connectivity index (χ3n) is 6.14. The van der Waals surface area contributed by atoms with Gasteiger partial charge in [-0.1, -0.05) is 18.2 Å². The molecule has 0 spiro atoms. The van der Waals surface area contributed by atoms with Gasteiger partial charge in [0.15, 0.2) is 0 Å². The smallest absolute Gasteiger partial charge is 0.142 e. The average molecular weight is 282 g/mol. The monoisotopic (exact) mass is 282 g/mol. The molecule has 21 heavy (non-hydrogen) atoms. The van der Waals surface area contributed by atoms with Crippen LogP contribution in [0, 0.1) is 17.3 Å². The van der Waals surface area contributed by atoms with Crippen molar-refractivity contribution < 1.29 is 9.53 Å². The number of ketones is 1. The zero-order valence-electron chi connectivity index (χ0n) is 12.8. The van der Waals surface area contributed by atoms with Crippen LogP contribution < -0.4 is 4.74 Å². The number of ether oxygens (including phenoxy) is 1. The summed E-state index contributed by atoms with van der Waals surface area (Å²) >= 11 is 0. The van der Waals surface area contributed by atoms with Crippen molar-refractivity contribution in [2.45, 2.75) is 38.5 Å². The van der Waals surface area contributed by atoms with Crippen molar-refractivity contribution in [1.82, 2.24) is 0 Å². The number of carbonyl (C=O) groups is 1. The predicted molar refractivity (Wildman–Crippen MR) is 82.5 cm³/mol. The lowest BCUT2D eigenvalue weighted by Crippen LogP contribution is -2.39. The second kappa shape index (κ2) is 4.46. The Kier molecular flexibility index (Phi) is 2.79. The Morgan fingerprint density at radius 3 is 2.90 bits per heavy atom. The van der Waals surface area contributed by atoms with E-state index in [0.717, 1.165) is 25.0 Å². The van der Waals surface area contributed by atoms with Gasteiger partial charge in [-0.3, -0.25) is 4.79 Å². The minimum Gasteiger partial charge on any atom is -0.497 e. The quantitative estimate of drug-likeness (QED) is 0.730. The molecule has 0 unspecified atom stereocenters. The molecule has 1 aromatic rings. The molecule has 1 saturated carbocycles. The number of rotatable bonds is 1. The van der Waals surface area contributed by atoms with Gasteiger partial charge in [-0.15, -0.1) is 0 Å². The summed E-state index contributed by atoms with van der Waals surface area (Å²) < 4.78 is 5.35. The Bertz CT molecular complexity index is 630. The standard InChI is InChI=1S/C19H22O2/c1-19-10-9-15-14-6-4-13(21-2)11-12(14)3-5-16(15)17(19)7-8-18(19)20/h4,6,9-11,15-17H,3,5,7-8H2,1-2H3/t15-,16+,17-,19-/m0/s1. The molecule has 2 heteroatoms. The number of carbonyl (C=O) groups excluding carboxylic acids is 1. The Balaban J connectivity index is 1.77. The number of allylic oxidation sites excluding steroid dienone is 2. The molecule has 3 aliphatic carbocycles. The molecular formula is C19H22O2. The van der Waals surface area contributed by atoms with E-state index in [0.29, 0.717) is 23.5 Å². The lowest BCUT2D eigenvalue weighted by atomic mass is 9.59. The summed E-state index contributed by atoms with van der Waals surface area (Å²) in [6.07, 6.45) is 8.68. The molecule has 4 rings (SSSR count). The molecule has 2 nitrogen and oxygen atoms in total. The third-order valence-corrected chi connectivity index (χ3v) is 6.14. The molecule has 0 saturated heterocycles. The van der Waals surface area contributed by atoms with Crippen LogP contribution in [0.2, 0.25) is 0 Å². The normalized spacial score (nSPS) is 36.9. The van der Waals surface area contributed by atoms with Gasteiger partial charge in [0.2, 0.25) is 0 Å². The first kappa shape index (κ1) is 13.1. The van der Waals surface area contributed by atoms with E-state index in [1.165, 1.54) is 17.5 Å². The average Bonchev–Trinajstić information content (AvgIpc) is 2.82. The van der Waals surface area contributed by atoms with Gasteiger partial charge in [-0.2, -0.15) is 0 Å². The second-order valence-corrected chi connectivity index (χ2v) is 7.00. The summed E-state index contributed by atoms with van der Waals surface area (Å²) in [6.45, 7) is 2.16. The molecular weight excluding hydrogens is 260 g/mol. The van der Waals surface area contributed by atoms with Crippen molar-refractivity contribution in [3.05, 3.63) is 41.5 Å². The molecule has 0 aromatic heterocycles. The van der Waals surface area contributed by atoms with Crippen molar-refractivity contribution in [2.75, 3.05) is 7.11 Å². The van der Waals surface area contributed by atoms with Crippen LogP contribution >= 0.6 is 0 Å². The molecule has 3 aliphatic rings. The molecule has 0 bridgehead atoms. The first-order chi connectivity index (χ1) is 10.1. The lowest BCUT2D eigenvalue weighted by molar-refractivity contribution is -0.124. The van der Waals surface area contributed by atoms with E-state index in [4.69, 9.17) is 4.74 Å². The van der Waals surface area contributed by atoms with Gasteiger partial charge >= 0.3 is 0 Å². The zero-order valence-corrected chi connectivity index (χ0v) is 12.8. The van der Waals surface area contributed by atoms with Crippen LogP contribution in [0.5, 0.6) is 5.75 Å². The van der Waals surface area contributed by atoms with Crippen molar-refractivity contribution >= 4 is 5.78 Å². The van der Waals surface area contributed by atoms with E-state index < -0.39 is 0 Å². The number of Topliss-reactive ketones (excluding diaryl/α,β-unsaturated/α-hetero) is 1. The SMILES string of the molecule is COc1ccc2c(c1)CC[C@@H]1[C@H]2C=C[C@]2(C)C(=O)CC[C@@H]12. The highest BCUT2D eigenvalue weighted by Gasteiger charge is 2.52. The first-order valence-electron chi connectivity index (χ1n) is 8.03. The molecule has 0 amide bonds. The highest BCUT2D eigenvalue weighted by atomic mass is 16.5. The fourth-order valence-corrected chi connectivity index (χ4v) is 4.92. The number of aryl methyl sites for hydroxylation is 1. The van der Waals surface area contributed by atoms with Crippen LogP contribution in [-0.4, -0.2) is 12.9 Å². The lowest BCUT2D eigenvalue weighted by Gasteiger charge is -2.44. The van der Waals surface area contributed by atoms with Crippen LogP contribution in [0.4, 0.5) is 0 Å². The van der Waals surface area contributed by atoms with E-state index in [-0.39, 0.29) is 5.41 Å². The minimum atomic E-state index is -0.189. The molecule has 4 atom stereocenters. The van der Waals surface area contributed by atoms with Gasteiger partial charge < -0.3 is 4.74 Å². The van der Waals surface area contributed by atoms with Crippen molar-refractivity contribution in [1.29, 1.82) is 0 Å². The summed E-state index contributed by atoms with van der Waals surface area (Å²) in [6, 6.07) is 6.49. The van der Waals surface area contributed by atoms with E-state index >= 15 is 0 Å². The van der Waals surface area contributed by atoms with Gasteiger partial charge in [0.25, 0.3) is 0 Å². The number of hydrogen-bond donors (Lipinski definition) is 0. The molecule has 0 heterocycles. The fourth-order valence-electron chi connectivity index (χ4n) is 4.92. The second-order valence-electron chi connectivity index (χ2n) is 7.00. The number of benzene rings is 1. The Morgan fingerprint density at radius 2 is 2.10 bits per heavy atom. The van der Waals surface area contributed by atoms with E-state index in [9.17, 15) is 4.79 Å². The van der Waals surface area contributed by atoms with Crippen LogP contribution in [0.1, 0.15) is 43.2 Å². The highest BCUT2D eigenvalue weighted by molar-refractivity contribution is 5.89. The number of fused-ring (bicyclic) bond motifs is 5. The highest BCUT2D eigenvalue weighted by Crippen LogP contribution is 2.56. The third kappa shape index (κ3) is 1.74.